The first kappa shape index (κ1) is 28.0. The van der Waals surface area contributed by atoms with Crippen molar-refractivity contribution in [1.82, 2.24) is 0 Å². The van der Waals surface area contributed by atoms with Crippen molar-refractivity contribution < 1.29 is 4.74 Å². The van der Waals surface area contributed by atoms with Crippen LogP contribution in [0.5, 0.6) is 5.75 Å². The van der Waals surface area contributed by atoms with Gasteiger partial charge >= 0.3 is 0 Å². The van der Waals surface area contributed by atoms with Crippen LogP contribution in [0.1, 0.15) is 136 Å². The molecular formula is C28H52O. The van der Waals surface area contributed by atoms with Crippen LogP contribution in [0.25, 0.3) is 0 Å². The number of hydrogen-bond acceptors (Lipinski definition) is 1. The Morgan fingerprint density at radius 2 is 0.828 bits per heavy atom. The van der Waals surface area contributed by atoms with E-state index in [1.54, 1.807) is 0 Å². The number of para-hydroxylation sites is 1. The fourth-order valence-electron chi connectivity index (χ4n) is 3.71. The largest absolute Gasteiger partial charge is 0.494 e. The zero-order chi connectivity index (χ0) is 21.3. The lowest BCUT2D eigenvalue weighted by molar-refractivity contribution is 0.304. The molecule has 1 rings (SSSR count). The van der Waals surface area contributed by atoms with E-state index in [0.717, 1.165) is 12.4 Å². The van der Waals surface area contributed by atoms with E-state index in [4.69, 9.17) is 4.74 Å². The molecule has 0 saturated carbocycles. The van der Waals surface area contributed by atoms with E-state index in [9.17, 15) is 0 Å². The smallest absolute Gasteiger partial charge is 0.119 e. The van der Waals surface area contributed by atoms with Gasteiger partial charge in [0, 0.05) is 0 Å². The number of ether oxygens (including phenoxy) is 1. The van der Waals surface area contributed by atoms with Gasteiger partial charge in [0.1, 0.15) is 5.75 Å². The molecule has 1 aromatic carbocycles. The summed E-state index contributed by atoms with van der Waals surface area (Å²) >= 11 is 0. The predicted octanol–water partition coefficient (Wildman–Crippen LogP) is 10.1. The Bertz CT molecular complexity index is 387. The summed E-state index contributed by atoms with van der Waals surface area (Å²) in [4.78, 5) is 0. The minimum absolute atomic E-state index is 0.864. The molecule has 0 spiro atoms. The maximum atomic E-state index is 5.73. The topological polar surface area (TPSA) is 9.23 Å². The van der Waals surface area contributed by atoms with E-state index in [0.29, 0.717) is 0 Å². The SMILES string of the molecule is CC.CCCCCCCCCCCCCCCCCCCCOc1ccccc1. The first-order chi connectivity index (χ1) is 14.4. The monoisotopic (exact) mass is 404 g/mol. The fourth-order valence-corrected chi connectivity index (χ4v) is 3.71. The molecule has 0 aliphatic carbocycles. The molecule has 0 atom stereocenters. The second-order valence-corrected chi connectivity index (χ2v) is 8.17. The average Bonchev–Trinajstić information content (AvgIpc) is 2.77. The van der Waals surface area contributed by atoms with Crippen LogP contribution in [0.4, 0.5) is 0 Å². The lowest BCUT2D eigenvalue weighted by Crippen LogP contribution is -1.96. The summed E-state index contributed by atoms with van der Waals surface area (Å²) < 4.78 is 5.73. The zero-order valence-electron chi connectivity index (χ0n) is 20.2. The van der Waals surface area contributed by atoms with Gasteiger partial charge in [-0.2, -0.15) is 0 Å². The maximum Gasteiger partial charge on any atom is 0.119 e. The van der Waals surface area contributed by atoms with Gasteiger partial charge in [0.2, 0.25) is 0 Å². The van der Waals surface area contributed by atoms with Crippen LogP contribution in [0.3, 0.4) is 0 Å². The third kappa shape index (κ3) is 21.5. The third-order valence-corrected chi connectivity index (χ3v) is 5.51. The van der Waals surface area contributed by atoms with Crippen molar-refractivity contribution in [2.24, 2.45) is 0 Å². The molecule has 0 amide bonds. The molecule has 0 radical (unpaired) electrons. The summed E-state index contributed by atoms with van der Waals surface area (Å²) in [6.45, 7) is 7.16. The summed E-state index contributed by atoms with van der Waals surface area (Å²) in [7, 11) is 0. The lowest BCUT2D eigenvalue weighted by Gasteiger charge is -2.06. The summed E-state index contributed by atoms with van der Waals surface area (Å²) in [5, 5.41) is 0. The summed E-state index contributed by atoms with van der Waals surface area (Å²) in [6.07, 6.45) is 25.6. The quantitative estimate of drug-likeness (QED) is 0.196. The molecule has 0 bridgehead atoms. The number of benzene rings is 1. The number of hydrogen-bond donors (Lipinski definition) is 0. The van der Waals surface area contributed by atoms with E-state index in [1.807, 2.05) is 44.2 Å². The third-order valence-electron chi connectivity index (χ3n) is 5.51. The van der Waals surface area contributed by atoms with E-state index in [-0.39, 0.29) is 0 Å². The van der Waals surface area contributed by atoms with Crippen LogP contribution in [-0.4, -0.2) is 6.61 Å². The van der Waals surface area contributed by atoms with E-state index in [2.05, 4.69) is 6.92 Å². The van der Waals surface area contributed by atoms with Gasteiger partial charge in [0.15, 0.2) is 0 Å². The average molecular weight is 405 g/mol. The van der Waals surface area contributed by atoms with Gasteiger partial charge in [0.25, 0.3) is 0 Å². The molecule has 1 nitrogen and oxygen atoms in total. The van der Waals surface area contributed by atoms with Gasteiger partial charge in [-0.05, 0) is 18.6 Å². The van der Waals surface area contributed by atoms with Crippen LogP contribution >= 0.6 is 0 Å². The van der Waals surface area contributed by atoms with Crippen molar-refractivity contribution in [2.75, 3.05) is 6.61 Å². The van der Waals surface area contributed by atoms with Gasteiger partial charge in [0.05, 0.1) is 6.61 Å². The van der Waals surface area contributed by atoms with E-state index in [1.165, 1.54) is 116 Å². The Labute approximate surface area is 184 Å². The Hall–Kier alpha value is -0.980. The van der Waals surface area contributed by atoms with Crippen molar-refractivity contribution in [3.05, 3.63) is 30.3 Å². The van der Waals surface area contributed by atoms with Crippen molar-refractivity contribution in [2.45, 2.75) is 136 Å². The zero-order valence-corrected chi connectivity index (χ0v) is 20.2. The molecule has 0 aliphatic rings. The number of unbranched alkanes of at least 4 members (excludes halogenated alkanes) is 17. The van der Waals surface area contributed by atoms with Crippen LogP contribution in [0.15, 0.2) is 30.3 Å². The fraction of sp³-hybridized carbons (Fsp3) is 0.786. The second-order valence-electron chi connectivity index (χ2n) is 8.17. The molecule has 0 unspecified atom stereocenters. The highest BCUT2D eigenvalue weighted by Crippen LogP contribution is 2.14. The molecule has 0 aromatic heterocycles. The molecule has 170 valence electrons. The second kappa shape index (κ2) is 25.1. The summed E-state index contributed by atoms with van der Waals surface area (Å²) in [6, 6.07) is 10.2. The van der Waals surface area contributed by atoms with Crippen molar-refractivity contribution in [3.63, 3.8) is 0 Å². The van der Waals surface area contributed by atoms with Gasteiger partial charge < -0.3 is 4.74 Å². The highest BCUT2D eigenvalue weighted by molar-refractivity contribution is 5.20. The Kier molecular flexibility index (Phi) is 24.2. The standard InChI is InChI=1S/C26H46O.C2H6/c1-2-3-4-5-6-7-8-9-10-11-12-13-14-15-16-17-18-22-25-27-26-23-20-19-21-24-26;1-2/h19-21,23-24H,2-18,22,25H2,1H3;1-2H3. The van der Waals surface area contributed by atoms with Crippen molar-refractivity contribution in [3.8, 4) is 5.75 Å². The molecule has 0 N–H and O–H groups in total. The molecule has 0 saturated heterocycles. The summed E-state index contributed by atoms with van der Waals surface area (Å²) in [5.41, 5.74) is 0. The first-order valence-electron chi connectivity index (χ1n) is 13.1. The predicted molar refractivity (Wildman–Crippen MR) is 132 cm³/mol. The molecule has 0 aliphatic heterocycles. The van der Waals surface area contributed by atoms with Crippen LogP contribution in [-0.2, 0) is 0 Å². The Balaban J connectivity index is 0.00000379. The van der Waals surface area contributed by atoms with Crippen molar-refractivity contribution in [1.29, 1.82) is 0 Å². The molecule has 0 heterocycles. The molecule has 1 heteroatoms. The lowest BCUT2D eigenvalue weighted by atomic mass is 10.0. The van der Waals surface area contributed by atoms with Gasteiger partial charge in [-0.15, -0.1) is 0 Å². The van der Waals surface area contributed by atoms with Crippen molar-refractivity contribution >= 4 is 0 Å². The molecule has 29 heavy (non-hydrogen) atoms. The molecule has 1 aromatic rings. The van der Waals surface area contributed by atoms with Crippen LogP contribution < -0.4 is 4.74 Å². The van der Waals surface area contributed by atoms with Gasteiger partial charge in [-0.1, -0.05) is 148 Å². The first-order valence-corrected chi connectivity index (χ1v) is 13.1. The van der Waals surface area contributed by atoms with E-state index < -0.39 is 0 Å². The normalized spacial score (nSPS) is 10.4. The maximum absolute atomic E-state index is 5.73. The Morgan fingerprint density at radius 3 is 1.21 bits per heavy atom. The Morgan fingerprint density at radius 1 is 0.483 bits per heavy atom. The minimum Gasteiger partial charge on any atom is -0.494 e. The van der Waals surface area contributed by atoms with Crippen LogP contribution in [0.2, 0.25) is 0 Å². The highest BCUT2D eigenvalue weighted by atomic mass is 16.5. The highest BCUT2D eigenvalue weighted by Gasteiger charge is 1.96. The van der Waals surface area contributed by atoms with Crippen LogP contribution in [0, 0.1) is 0 Å². The summed E-state index contributed by atoms with van der Waals surface area (Å²) in [5.74, 6) is 1.00. The van der Waals surface area contributed by atoms with Gasteiger partial charge in [-0.25, -0.2) is 0 Å². The minimum atomic E-state index is 0.864. The van der Waals surface area contributed by atoms with Gasteiger partial charge in [-0.3, -0.25) is 0 Å². The molecular weight excluding hydrogens is 352 g/mol. The number of rotatable bonds is 20. The molecule has 0 fully saturated rings. The van der Waals surface area contributed by atoms with E-state index >= 15 is 0 Å².